The average molecular weight is 375 g/mol. The van der Waals surface area contributed by atoms with Gasteiger partial charge in [-0.1, -0.05) is 47.3 Å². The fourth-order valence-corrected chi connectivity index (χ4v) is 4.32. The van der Waals surface area contributed by atoms with E-state index in [2.05, 4.69) is 20.6 Å². The number of rotatable bonds is 4. The second kappa shape index (κ2) is 7.36. The number of benzene rings is 1. The summed E-state index contributed by atoms with van der Waals surface area (Å²) in [5.74, 6) is 0. The Hall–Kier alpha value is -1.94. The third-order valence-electron chi connectivity index (χ3n) is 4.47. The van der Waals surface area contributed by atoms with Crippen molar-refractivity contribution in [1.29, 1.82) is 0 Å². The molecule has 3 N–H and O–H groups in total. The van der Waals surface area contributed by atoms with Crippen LogP contribution in [0.3, 0.4) is 0 Å². The summed E-state index contributed by atoms with van der Waals surface area (Å²) < 4.78 is 7.63. The van der Waals surface area contributed by atoms with Gasteiger partial charge in [0, 0.05) is 12.1 Å². The first-order valence-electron chi connectivity index (χ1n) is 8.61. The van der Waals surface area contributed by atoms with Crippen LogP contribution in [0.5, 0.6) is 0 Å². The van der Waals surface area contributed by atoms with Crippen LogP contribution < -0.4 is 5.32 Å². The normalized spacial score (nSPS) is 30.7. The van der Waals surface area contributed by atoms with E-state index >= 15 is 0 Å². The van der Waals surface area contributed by atoms with Gasteiger partial charge in [0.25, 0.3) is 0 Å². The summed E-state index contributed by atoms with van der Waals surface area (Å²) in [6.45, 7) is 3.03. The van der Waals surface area contributed by atoms with Crippen LogP contribution in [0.15, 0.2) is 41.5 Å². The van der Waals surface area contributed by atoms with Crippen LogP contribution in [0.2, 0.25) is 0 Å². The first-order chi connectivity index (χ1) is 12.7. The molecule has 1 fully saturated rings. The first-order valence-corrected chi connectivity index (χ1v) is 9.49. The third-order valence-corrected chi connectivity index (χ3v) is 5.56. The Morgan fingerprint density at radius 2 is 2.04 bits per heavy atom. The molecule has 26 heavy (non-hydrogen) atoms. The Kier molecular flexibility index (Phi) is 4.94. The number of nitrogens with zero attached hydrogens (tertiary/aromatic N) is 4. The van der Waals surface area contributed by atoms with E-state index < -0.39 is 24.4 Å². The zero-order valence-corrected chi connectivity index (χ0v) is 15.1. The van der Waals surface area contributed by atoms with Crippen LogP contribution in [-0.2, 0) is 11.3 Å². The molecule has 1 aromatic heterocycles. The van der Waals surface area contributed by atoms with Crippen molar-refractivity contribution in [3.63, 3.8) is 0 Å². The van der Waals surface area contributed by atoms with E-state index in [-0.39, 0.29) is 5.44 Å². The quantitative estimate of drug-likeness (QED) is 0.714. The van der Waals surface area contributed by atoms with Crippen molar-refractivity contribution >= 4 is 16.9 Å². The van der Waals surface area contributed by atoms with Gasteiger partial charge in [0.15, 0.2) is 5.17 Å². The van der Waals surface area contributed by atoms with Crippen LogP contribution in [-0.4, -0.2) is 66.7 Å². The molecule has 0 aliphatic carbocycles. The Morgan fingerprint density at radius 1 is 1.23 bits per heavy atom. The maximum atomic E-state index is 10.5. The van der Waals surface area contributed by atoms with Gasteiger partial charge < -0.3 is 20.3 Å². The van der Waals surface area contributed by atoms with Crippen LogP contribution in [0, 0.1) is 0 Å². The smallest absolute Gasteiger partial charge is 0.159 e. The lowest BCUT2D eigenvalue weighted by atomic mass is 9.98. The number of hydrogen-bond acceptors (Lipinski definition) is 8. The van der Waals surface area contributed by atoms with Crippen LogP contribution in [0.4, 0.5) is 0 Å². The number of aliphatic hydroxyl groups excluding tert-OH is 2. The minimum atomic E-state index is -1.04. The maximum Gasteiger partial charge on any atom is 0.159 e. The SMILES string of the molecule is CCNC1=N[C@@H]2[C@@H](O)[C@H](O)[C@@H](Cn3cc(-c4ccccc4)nn3)O[C@@H]2S1. The summed E-state index contributed by atoms with van der Waals surface area (Å²) in [5.41, 5.74) is 1.41. The van der Waals surface area contributed by atoms with Crippen molar-refractivity contribution in [2.24, 2.45) is 4.99 Å². The zero-order valence-electron chi connectivity index (χ0n) is 14.3. The number of fused-ring (bicyclic) bond motifs is 1. The Balaban J connectivity index is 1.45. The second-order valence-electron chi connectivity index (χ2n) is 6.29. The predicted octanol–water partition coefficient (Wildman–Crippen LogP) is 0.473. The van der Waals surface area contributed by atoms with Gasteiger partial charge in [-0.25, -0.2) is 4.68 Å². The first kappa shape index (κ1) is 17.5. The summed E-state index contributed by atoms with van der Waals surface area (Å²) in [5, 5.41) is 33.1. The highest BCUT2D eigenvalue weighted by Gasteiger charge is 2.48. The van der Waals surface area contributed by atoms with Gasteiger partial charge in [0.05, 0.1) is 12.7 Å². The molecule has 2 aromatic rings. The highest BCUT2D eigenvalue weighted by atomic mass is 32.2. The summed E-state index contributed by atoms with van der Waals surface area (Å²) in [6.07, 6.45) is -0.780. The van der Waals surface area contributed by atoms with Crippen molar-refractivity contribution in [1.82, 2.24) is 20.3 Å². The van der Waals surface area contributed by atoms with Crippen molar-refractivity contribution in [2.45, 2.75) is 43.3 Å². The van der Waals surface area contributed by atoms with Crippen molar-refractivity contribution in [2.75, 3.05) is 6.54 Å². The number of amidine groups is 1. The van der Waals surface area contributed by atoms with E-state index in [0.29, 0.717) is 6.54 Å². The van der Waals surface area contributed by atoms with Crippen LogP contribution in [0.25, 0.3) is 11.3 Å². The summed E-state index contributed by atoms with van der Waals surface area (Å²) in [4.78, 5) is 4.42. The van der Waals surface area contributed by atoms with Crippen molar-refractivity contribution < 1.29 is 14.9 Å². The lowest BCUT2D eigenvalue weighted by Gasteiger charge is -2.38. The molecule has 9 heteroatoms. The molecule has 0 amide bonds. The molecule has 0 unspecified atom stereocenters. The van der Waals surface area contributed by atoms with E-state index in [1.165, 1.54) is 11.8 Å². The summed E-state index contributed by atoms with van der Waals surface area (Å²) in [6, 6.07) is 9.29. The molecule has 3 heterocycles. The molecule has 1 saturated heterocycles. The van der Waals surface area contributed by atoms with Crippen LogP contribution in [0.1, 0.15) is 6.92 Å². The molecule has 0 radical (unpaired) electrons. The minimum Gasteiger partial charge on any atom is -0.388 e. The minimum absolute atomic E-state index is 0.304. The summed E-state index contributed by atoms with van der Waals surface area (Å²) in [7, 11) is 0. The molecule has 5 atom stereocenters. The van der Waals surface area contributed by atoms with Gasteiger partial charge in [0.2, 0.25) is 0 Å². The highest BCUT2D eigenvalue weighted by molar-refractivity contribution is 8.14. The van der Waals surface area contributed by atoms with Gasteiger partial charge in [-0.15, -0.1) is 5.10 Å². The van der Waals surface area contributed by atoms with Gasteiger partial charge in [-0.2, -0.15) is 0 Å². The summed E-state index contributed by atoms with van der Waals surface area (Å²) >= 11 is 1.44. The Morgan fingerprint density at radius 3 is 2.81 bits per heavy atom. The molecule has 1 aromatic carbocycles. The molecular formula is C17H21N5O3S. The van der Waals surface area contributed by atoms with E-state index in [1.54, 1.807) is 4.68 Å². The highest BCUT2D eigenvalue weighted by Crippen LogP contribution is 2.36. The fourth-order valence-electron chi connectivity index (χ4n) is 3.13. The number of aromatic nitrogens is 3. The average Bonchev–Trinajstić information content (AvgIpc) is 3.28. The zero-order chi connectivity index (χ0) is 18.1. The molecule has 2 aliphatic rings. The molecular weight excluding hydrogens is 354 g/mol. The van der Waals surface area contributed by atoms with E-state index in [9.17, 15) is 10.2 Å². The van der Waals surface area contributed by atoms with E-state index in [4.69, 9.17) is 4.74 Å². The number of nitrogens with one attached hydrogen (secondary N) is 1. The van der Waals surface area contributed by atoms with Crippen molar-refractivity contribution in [3.05, 3.63) is 36.5 Å². The fraction of sp³-hybridized carbons (Fsp3) is 0.471. The Labute approximate surface area is 155 Å². The second-order valence-corrected chi connectivity index (χ2v) is 7.38. The van der Waals surface area contributed by atoms with Gasteiger partial charge >= 0.3 is 0 Å². The number of thioether (sulfide) groups is 1. The molecule has 2 aliphatic heterocycles. The van der Waals surface area contributed by atoms with Gasteiger partial charge in [0.1, 0.15) is 35.5 Å². The number of hydrogen-bond donors (Lipinski definition) is 3. The molecule has 4 rings (SSSR count). The topological polar surface area (TPSA) is 105 Å². The standard InChI is InChI=1S/C17H21N5O3S/c1-2-18-17-19-13-15(24)14(23)12(25-16(13)26-17)9-22-8-11(20-21-22)10-6-4-3-5-7-10/h3-8,12-16,23-24H,2,9H2,1H3,(H,18,19)/t12-,13-,14-,15-,16-/m1/s1. The van der Waals surface area contributed by atoms with Crippen molar-refractivity contribution in [3.8, 4) is 11.3 Å². The molecule has 138 valence electrons. The molecule has 8 nitrogen and oxygen atoms in total. The monoisotopic (exact) mass is 375 g/mol. The number of ether oxygens (including phenoxy) is 1. The maximum absolute atomic E-state index is 10.5. The van der Waals surface area contributed by atoms with Crippen LogP contribution >= 0.6 is 11.8 Å². The van der Waals surface area contributed by atoms with Gasteiger partial charge in [-0.3, -0.25) is 4.99 Å². The Bertz CT molecular complexity index is 784. The largest absolute Gasteiger partial charge is 0.388 e. The van der Waals surface area contributed by atoms with E-state index in [0.717, 1.165) is 23.0 Å². The molecule has 0 spiro atoms. The lowest BCUT2D eigenvalue weighted by Crippen LogP contribution is -2.55. The van der Waals surface area contributed by atoms with Gasteiger partial charge in [-0.05, 0) is 6.92 Å². The predicted molar refractivity (Wildman–Crippen MR) is 98.6 cm³/mol. The number of aliphatic imine (C=N–C) groups is 1. The van der Waals surface area contributed by atoms with E-state index in [1.807, 2.05) is 43.5 Å². The number of aliphatic hydroxyl groups is 2. The molecule has 0 bridgehead atoms. The lowest BCUT2D eigenvalue weighted by molar-refractivity contribution is -0.157. The third kappa shape index (κ3) is 3.35. The molecule has 0 saturated carbocycles.